The fraction of sp³-hybridized carbons (Fsp3) is 0.238. The second-order valence-corrected chi connectivity index (χ2v) is 6.20. The van der Waals surface area contributed by atoms with Crippen molar-refractivity contribution in [2.45, 2.75) is 20.3 Å². The molecule has 0 saturated carbocycles. The number of rotatable bonds is 7. The SMILES string of the molecule is COc1cccc(CCNc2cc(Nc3ccc(C)cc3)nc(C)n2)c1. The molecule has 0 bridgehead atoms. The molecule has 0 amide bonds. The summed E-state index contributed by atoms with van der Waals surface area (Å²) in [6, 6.07) is 18.3. The number of aryl methyl sites for hydroxylation is 2. The minimum absolute atomic E-state index is 0.728. The van der Waals surface area contributed by atoms with Crippen molar-refractivity contribution in [1.82, 2.24) is 9.97 Å². The predicted octanol–water partition coefficient (Wildman–Crippen LogP) is 4.50. The zero-order valence-electron chi connectivity index (χ0n) is 15.4. The highest BCUT2D eigenvalue weighted by molar-refractivity contribution is 5.59. The Kier molecular flexibility index (Phi) is 5.69. The first kappa shape index (κ1) is 17.7. The summed E-state index contributed by atoms with van der Waals surface area (Å²) < 4.78 is 5.27. The van der Waals surface area contributed by atoms with Crippen LogP contribution in [0.2, 0.25) is 0 Å². The van der Waals surface area contributed by atoms with Crippen molar-refractivity contribution >= 4 is 17.3 Å². The smallest absolute Gasteiger partial charge is 0.136 e. The molecule has 134 valence electrons. The first-order valence-electron chi connectivity index (χ1n) is 8.68. The molecular weight excluding hydrogens is 324 g/mol. The Morgan fingerprint density at radius 3 is 2.46 bits per heavy atom. The molecule has 0 fully saturated rings. The molecule has 0 aliphatic heterocycles. The van der Waals surface area contributed by atoms with Gasteiger partial charge >= 0.3 is 0 Å². The second-order valence-electron chi connectivity index (χ2n) is 6.20. The van der Waals surface area contributed by atoms with Gasteiger partial charge in [-0.05, 0) is 50.1 Å². The molecule has 26 heavy (non-hydrogen) atoms. The van der Waals surface area contributed by atoms with Gasteiger partial charge in [-0.2, -0.15) is 0 Å². The Morgan fingerprint density at radius 2 is 1.69 bits per heavy atom. The van der Waals surface area contributed by atoms with E-state index in [1.807, 2.05) is 37.3 Å². The molecular formula is C21H24N4O. The highest BCUT2D eigenvalue weighted by Crippen LogP contribution is 2.18. The van der Waals surface area contributed by atoms with E-state index in [1.54, 1.807) is 7.11 Å². The van der Waals surface area contributed by atoms with E-state index in [-0.39, 0.29) is 0 Å². The zero-order valence-corrected chi connectivity index (χ0v) is 15.4. The Morgan fingerprint density at radius 1 is 0.923 bits per heavy atom. The van der Waals surface area contributed by atoms with Gasteiger partial charge in [0.25, 0.3) is 0 Å². The van der Waals surface area contributed by atoms with Crippen LogP contribution in [0, 0.1) is 13.8 Å². The summed E-state index contributed by atoms with van der Waals surface area (Å²) in [6.07, 6.45) is 0.890. The van der Waals surface area contributed by atoms with Gasteiger partial charge in [0, 0.05) is 18.3 Å². The highest BCUT2D eigenvalue weighted by Gasteiger charge is 2.03. The van der Waals surface area contributed by atoms with E-state index in [9.17, 15) is 0 Å². The van der Waals surface area contributed by atoms with Crippen molar-refractivity contribution in [3.63, 3.8) is 0 Å². The highest BCUT2D eigenvalue weighted by atomic mass is 16.5. The summed E-state index contributed by atoms with van der Waals surface area (Å²) in [5, 5.41) is 6.70. The second kappa shape index (κ2) is 8.34. The monoisotopic (exact) mass is 348 g/mol. The number of methoxy groups -OCH3 is 1. The van der Waals surface area contributed by atoms with Crippen molar-refractivity contribution in [3.8, 4) is 5.75 Å². The average Bonchev–Trinajstić information content (AvgIpc) is 2.63. The molecule has 0 atom stereocenters. The third-order valence-electron chi connectivity index (χ3n) is 4.02. The molecule has 1 aromatic heterocycles. The van der Waals surface area contributed by atoms with Crippen LogP contribution in [0.1, 0.15) is 17.0 Å². The fourth-order valence-corrected chi connectivity index (χ4v) is 2.67. The van der Waals surface area contributed by atoms with Crippen molar-refractivity contribution in [2.24, 2.45) is 0 Å². The summed E-state index contributed by atoms with van der Waals surface area (Å²) in [7, 11) is 1.68. The molecule has 3 aromatic rings. The van der Waals surface area contributed by atoms with Crippen LogP contribution in [-0.4, -0.2) is 23.6 Å². The normalized spacial score (nSPS) is 10.4. The van der Waals surface area contributed by atoms with E-state index in [0.29, 0.717) is 0 Å². The molecule has 0 saturated heterocycles. The van der Waals surface area contributed by atoms with Crippen molar-refractivity contribution in [2.75, 3.05) is 24.3 Å². The van der Waals surface area contributed by atoms with E-state index in [1.165, 1.54) is 11.1 Å². The lowest BCUT2D eigenvalue weighted by molar-refractivity contribution is 0.414. The standard InChI is InChI=1S/C21H24N4O/c1-15-7-9-18(10-8-15)25-21-14-20(23-16(2)24-21)22-12-11-17-5-4-6-19(13-17)26-3/h4-10,13-14H,11-12H2,1-3H3,(H2,22,23,24,25). The van der Waals surface area contributed by atoms with Crippen LogP contribution in [0.15, 0.2) is 54.6 Å². The number of aromatic nitrogens is 2. The first-order chi connectivity index (χ1) is 12.6. The van der Waals surface area contributed by atoms with Gasteiger partial charge in [-0.1, -0.05) is 29.8 Å². The van der Waals surface area contributed by atoms with Crippen LogP contribution < -0.4 is 15.4 Å². The van der Waals surface area contributed by atoms with Crippen LogP contribution in [0.5, 0.6) is 5.75 Å². The maximum absolute atomic E-state index is 5.27. The van der Waals surface area contributed by atoms with E-state index >= 15 is 0 Å². The number of hydrogen-bond donors (Lipinski definition) is 2. The Hall–Kier alpha value is -3.08. The van der Waals surface area contributed by atoms with Crippen LogP contribution in [0.3, 0.4) is 0 Å². The van der Waals surface area contributed by atoms with Crippen LogP contribution in [0.4, 0.5) is 17.3 Å². The number of anilines is 3. The number of benzene rings is 2. The lowest BCUT2D eigenvalue weighted by atomic mass is 10.1. The van der Waals surface area contributed by atoms with Gasteiger partial charge in [0.2, 0.25) is 0 Å². The maximum atomic E-state index is 5.27. The van der Waals surface area contributed by atoms with Crippen molar-refractivity contribution in [3.05, 3.63) is 71.5 Å². The molecule has 0 spiro atoms. The average molecular weight is 348 g/mol. The number of nitrogens with one attached hydrogen (secondary N) is 2. The van der Waals surface area contributed by atoms with Crippen molar-refractivity contribution in [1.29, 1.82) is 0 Å². The van der Waals surface area contributed by atoms with Crippen LogP contribution >= 0.6 is 0 Å². The molecule has 0 aliphatic rings. The molecule has 3 rings (SSSR count). The Bertz CT molecular complexity index is 862. The summed E-state index contributed by atoms with van der Waals surface area (Å²) in [5.74, 6) is 3.20. The lowest BCUT2D eigenvalue weighted by Gasteiger charge is -2.11. The first-order valence-corrected chi connectivity index (χ1v) is 8.68. The molecule has 0 radical (unpaired) electrons. The largest absolute Gasteiger partial charge is 0.497 e. The summed E-state index contributed by atoms with van der Waals surface area (Å²) >= 11 is 0. The van der Waals surface area contributed by atoms with Crippen molar-refractivity contribution < 1.29 is 4.74 Å². The van der Waals surface area contributed by atoms with E-state index < -0.39 is 0 Å². The third kappa shape index (κ3) is 4.96. The molecule has 1 heterocycles. The van der Waals surface area contributed by atoms with Gasteiger partial charge in [0.1, 0.15) is 23.2 Å². The third-order valence-corrected chi connectivity index (χ3v) is 4.02. The van der Waals surface area contributed by atoms with E-state index in [4.69, 9.17) is 4.74 Å². The topological polar surface area (TPSA) is 59.1 Å². The quantitative estimate of drug-likeness (QED) is 0.658. The lowest BCUT2D eigenvalue weighted by Crippen LogP contribution is -2.08. The molecule has 0 unspecified atom stereocenters. The Labute approximate surface area is 154 Å². The summed E-state index contributed by atoms with van der Waals surface area (Å²) in [4.78, 5) is 8.93. The maximum Gasteiger partial charge on any atom is 0.136 e. The number of nitrogens with zero attached hydrogens (tertiary/aromatic N) is 2. The summed E-state index contributed by atoms with van der Waals surface area (Å²) in [6.45, 7) is 4.75. The van der Waals surface area contributed by atoms with E-state index in [2.05, 4.69) is 51.8 Å². The minimum atomic E-state index is 0.728. The molecule has 2 N–H and O–H groups in total. The summed E-state index contributed by atoms with van der Waals surface area (Å²) in [5.41, 5.74) is 3.46. The van der Waals surface area contributed by atoms with Gasteiger partial charge in [-0.15, -0.1) is 0 Å². The molecule has 5 heteroatoms. The predicted molar refractivity (Wildman–Crippen MR) is 106 cm³/mol. The van der Waals surface area contributed by atoms with Crippen LogP contribution in [0.25, 0.3) is 0 Å². The zero-order chi connectivity index (χ0) is 18.4. The van der Waals surface area contributed by atoms with E-state index in [0.717, 1.165) is 41.9 Å². The minimum Gasteiger partial charge on any atom is -0.497 e. The van der Waals surface area contributed by atoms with Gasteiger partial charge < -0.3 is 15.4 Å². The van der Waals surface area contributed by atoms with Gasteiger partial charge in [-0.25, -0.2) is 9.97 Å². The van der Waals surface area contributed by atoms with Gasteiger partial charge in [-0.3, -0.25) is 0 Å². The number of ether oxygens (including phenoxy) is 1. The number of hydrogen-bond acceptors (Lipinski definition) is 5. The van der Waals surface area contributed by atoms with Gasteiger partial charge in [0.15, 0.2) is 0 Å². The molecule has 5 nitrogen and oxygen atoms in total. The Balaban J connectivity index is 1.62. The molecule has 2 aromatic carbocycles. The fourth-order valence-electron chi connectivity index (χ4n) is 2.67. The molecule has 0 aliphatic carbocycles. The van der Waals surface area contributed by atoms with Gasteiger partial charge in [0.05, 0.1) is 7.11 Å². The van der Waals surface area contributed by atoms with Crippen LogP contribution in [-0.2, 0) is 6.42 Å².